The van der Waals surface area contributed by atoms with Crippen molar-refractivity contribution in [2.45, 2.75) is 4.90 Å². The summed E-state index contributed by atoms with van der Waals surface area (Å²) in [6.07, 6.45) is 5.50. The van der Waals surface area contributed by atoms with E-state index in [-0.39, 0.29) is 4.90 Å². The molecule has 0 radical (unpaired) electrons. The zero-order valence-electron chi connectivity index (χ0n) is 21.1. The minimum Gasteiger partial charge on any atom is -0.378 e. The number of rotatable bonds is 5. The molecule has 7 rings (SSSR count). The Labute approximate surface area is 226 Å². The van der Waals surface area contributed by atoms with Crippen molar-refractivity contribution < 1.29 is 13.2 Å². The molecule has 0 spiro atoms. The lowest BCUT2D eigenvalue weighted by atomic mass is 10.0. The van der Waals surface area contributed by atoms with E-state index in [0.29, 0.717) is 44.1 Å². The zero-order valence-corrected chi connectivity index (χ0v) is 21.9. The van der Waals surface area contributed by atoms with E-state index in [0.717, 1.165) is 38.9 Å². The smallest absolute Gasteiger partial charge is 0.268 e. The van der Waals surface area contributed by atoms with Gasteiger partial charge in [-0.25, -0.2) is 17.4 Å². The lowest BCUT2D eigenvalue weighted by Crippen LogP contribution is -2.36. The van der Waals surface area contributed by atoms with E-state index in [1.807, 2.05) is 54.6 Å². The van der Waals surface area contributed by atoms with Crippen molar-refractivity contribution in [1.29, 1.82) is 0 Å². The maximum absolute atomic E-state index is 14.2. The second-order valence-electron chi connectivity index (χ2n) is 9.54. The maximum atomic E-state index is 14.2. The van der Waals surface area contributed by atoms with Gasteiger partial charge in [-0.05, 0) is 42.5 Å². The molecule has 0 aliphatic carbocycles. The van der Waals surface area contributed by atoms with Gasteiger partial charge in [0.25, 0.3) is 10.0 Å². The molecule has 0 saturated carbocycles. The third kappa shape index (κ3) is 4.02. The number of hydrogen-bond acceptors (Lipinski definition) is 7. The molecule has 1 fully saturated rings. The standard InChI is InChI=1S/C30H25N5O3S/c36-39(37,23-7-2-1-3-8-23)35-26-9-5-4-6-21(26)18-27(35)25-19-28(34-14-16-38-17-15-34)33-30-24(25)11-13-32-29(30)22-10-12-31-20-22/h1-13,18-19H,14-17,20H2. The van der Waals surface area contributed by atoms with E-state index in [2.05, 4.69) is 9.89 Å². The largest absolute Gasteiger partial charge is 0.378 e. The van der Waals surface area contributed by atoms with Crippen LogP contribution in [0.1, 0.15) is 5.69 Å². The topological polar surface area (TPSA) is 89.7 Å². The van der Waals surface area contributed by atoms with Gasteiger partial charge < -0.3 is 9.64 Å². The second-order valence-corrected chi connectivity index (χ2v) is 11.3. The van der Waals surface area contributed by atoms with Crippen LogP contribution in [0.5, 0.6) is 0 Å². The lowest BCUT2D eigenvalue weighted by Gasteiger charge is -2.28. The van der Waals surface area contributed by atoms with E-state index in [1.54, 1.807) is 36.7 Å². The Kier molecular flexibility index (Phi) is 5.75. The normalized spacial score (nSPS) is 15.8. The van der Waals surface area contributed by atoms with Crippen molar-refractivity contribution in [3.63, 3.8) is 0 Å². The molecule has 0 N–H and O–H groups in total. The number of para-hydroxylation sites is 1. The van der Waals surface area contributed by atoms with Crippen molar-refractivity contribution in [2.24, 2.45) is 4.99 Å². The summed E-state index contributed by atoms with van der Waals surface area (Å²) in [5, 5.41) is 1.67. The molecule has 0 bridgehead atoms. The van der Waals surface area contributed by atoms with Crippen molar-refractivity contribution >= 4 is 49.4 Å². The number of pyridine rings is 2. The fourth-order valence-corrected chi connectivity index (χ4v) is 6.86. The number of allylic oxidation sites excluding steroid dienone is 1. The minimum absolute atomic E-state index is 0.231. The zero-order chi connectivity index (χ0) is 26.4. The van der Waals surface area contributed by atoms with Gasteiger partial charge in [-0.3, -0.25) is 9.98 Å². The van der Waals surface area contributed by atoms with Crippen LogP contribution >= 0.6 is 0 Å². The van der Waals surface area contributed by atoms with Crippen LogP contribution in [0.3, 0.4) is 0 Å². The highest BCUT2D eigenvalue weighted by molar-refractivity contribution is 7.90. The number of anilines is 1. The third-order valence-electron chi connectivity index (χ3n) is 7.22. The Morgan fingerprint density at radius 3 is 2.49 bits per heavy atom. The Morgan fingerprint density at radius 1 is 0.897 bits per heavy atom. The number of fused-ring (bicyclic) bond motifs is 2. The van der Waals surface area contributed by atoms with Gasteiger partial charge in [0.1, 0.15) is 5.82 Å². The quantitative estimate of drug-likeness (QED) is 0.321. The molecule has 8 nitrogen and oxygen atoms in total. The van der Waals surface area contributed by atoms with Crippen molar-refractivity contribution in [3.8, 4) is 11.3 Å². The predicted molar refractivity (Wildman–Crippen MR) is 154 cm³/mol. The summed E-state index contributed by atoms with van der Waals surface area (Å²) in [5.41, 5.74) is 4.44. The van der Waals surface area contributed by atoms with Crippen molar-refractivity contribution in [1.82, 2.24) is 13.9 Å². The van der Waals surface area contributed by atoms with Crippen LogP contribution in [0.25, 0.3) is 38.6 Å². The molecule has 2 aliphatic rings. The number of ether oxygens (including phenoxy) is 1. The Morgan fingerprint density at radius 2 is 1.69 bits per heavy atom. The molecule has 3 aromatic heterocycles. The SMILES string of the molecule is O=S(=O)(c1ccccc1)n1c(-c2cc(N3CCOCC3)nc3c(C4=CC=NC4)nccc23)cc2ccccc21. The van der Waals surface area contributed by atoms with Crippen LogP contribution in [0.15, 0.2) is 95.0 Å². The Bertz CT molecular complexity index is 1890. The minimum atomic E-state index is -3.92. The summed E-state index contributed by atoms with van der Waals surface area (Å²) in [7, 11) is -3.92. The molecule has 1 saturated heterocycles. The summed E-state index contributed by atoms with van der Waals surface area (Å²) < 4.78 is 35.4. The van der Waals surface area contributed by atoms with Crippen LogP contribution in [-0.4, -0.2) is 61.4 Å². The van der Waals surface area contributed by atoms with Crippen LogP contribution in [0.4, 0.5) is 5.82 Å². The van der Waals surface area contributed by atoms with E-state index in [4.69, 9.17) is 14.7 Å². The second kappa shape index (κ2) is 9.44. The summed E-state index contributed by atoms with van der Waals surface area (Å²) in [4.78, 5) is 16.5. The maximum Gasteiger partial charge on any atom is 0.268 e. The van der Waals surface area contributed by atoms with Crippen LogP contribution in [0, 0.1) is 0 Å². The number of nitrogens with zero attached hydrogens (tertiary/aromatic N) is 5. The average molecular weight is 536 g/mol. The molecule has 2 aliphatic heterocycles. The lowest BCUT2D eigenvalue weighted by molar-refractivity contribution is 0.122. The number of aliphatic imine (C=N–C) groups is 1. The molecule has 5 aromatic rings. The number of morpholine rings is 1. The van der Waals surface area contributed by atoms with Gasteiger partial charge in [0, 0.05) is 47.4 Å². The summed E-state index contributed by atoms with van der Waals surface area (Å²) >= 11 is 0. The fraction of sp³-hybridized carbons (Fsp3) is 0.167. The van der Waals surface area contributed by atoms with E-state index < -0.39 is 10.0 Å². The summed E-state index contributed by atoms with van der Waals surface area (Å²) in [6, 6.07) is 22.0. The summed E-state index contributed by atoms with van der Waals surface area (Å²) in [6.45, 7) is 3.15. The first-order valence-electron chi connectivity index (χ1n) is 12.8. The first-order chi connectivity index (χ1) is 19.1. The molecule has 194 valence electrons. The molecule has 2 aromatic carbocycles. The number of benzene rings is 2. The highest BCUT2D eigenvalue weighted by Crippen LogP contribution is 2.39. The first kappa shape index (κ1) is 23.8. The van der Waals surface area contributed by atoms with Gasteiger partial charge in [-0.15, -0.1) is 0 Å². The molecule has 0 unspecified atom stereocenters. The molecular weight excluding hydrogens is 510 g/mol. The Balaban J connectivity index is 1.55. The molecule has 5 heterocycles. The van der Waals surface area contributed by atoms with Gasteiger partial charge in [0.15, 0.2) is 0 Å². The molecule has 0 atom stereocenters. The number of hydrogen-bond donors (Lipinski definition) is 0. The van der Waals surface area contributed by atoms with Crippen molar-refractivity contribution in [2.75, 3.05) is 37.7 Å². The van der Waals surface area contributed by atoms with E-state index in [9.17, 15) is 8.42 Å². The molecular formula is C30H25N5O3S. The monoisotopic (exact) mass is 535 g/mol. The van der Waals surface area contributed by atoms with Gasteiger partial charge >= 0.3 is 0 Å². The molecule has 9 heteroatoms. The third-order valence-corrected chi connectivity index (χ3v) is 8.96. The fourth-order valence-electron chi connectivity index (χ4n) is 5.31. The van der Waals surface area contributed by atoms with Gasteiger partial charge in [-0.1, -0.05) is 36.4 Å². The van der Waals surface area contributed by atoms with Crippen LogP contribution in [-0.2, 0) is 14.8 Å². The summed E-state index contributed by atoms with van der Waals surface area (Å²) in [5.74, 6) is 0.767. The first-order valence-corrected chi connectivity index (χ1v) is 14.3. The van der Waals surface area contributed by atoms with E-state index >= 15 is 0 Å². The Hall–Kier alpha value is -4.34. The van der Waals surface area contributed by atoms with Gasteiger partial charge in [0.05, 0.1) is 47.1 Å². The molecule has 0 amide bonds. The average Bonchev–Trinajstić information content (AvgIpc) is 3.66. The van der Waals surface area contributed by atoms with Crippen molar-refractivity contribution in [3.05, 3.63) is 90.8 Å². The van der Waals surface area contributed by atoms with Gasteiger partial charge in [-0.2, -0.15) is 0 Å². The van der Waals surface area contributed by atoms with E-state index in [1.165, 1.54) is 3.97 Å². The highest BCUT2D eigenvalue weighted by atomic mass is 32.2. The molecule has 39 heavy (non-hydrogen) atoms. The van der Waals surface area contributed by atoms with Crippen LogP contribution < -0.4 is 4.90 Å². The van der Waals surface area contributed by atoms with Gasteiger partial charge in [0.2, 0.25) is 0 Å². The highest BCUT2D eigenvalue weighted by Gasteiger charge is 2.27. The van der Waals surface area contributed by atoms with Crippen LogP contribution in [0.2, 0.25) is 0 Å². The predicted octanol–water partition coefficient (Wildman–Crippen LogP) is 4.79. The number of aromatic nitrogens is 3.